The van der Waals surface area contributed by atoms with Gasteiger partial charge in [0.25, 0.3) is 0 Å². The number of nitrogens with one attached hydrogen (secondary N) is 1. The summed E-state index contributed by atoms with van der Waals surface area (Å²) in [6, 6.07) is 4.91. The number of halogens is 3. The minimum absolute atomic E-state index is 0.00243. The van der Waals surface area contributed by atoms with Crippen LogP contribution < -0.4 is 5.32 Å². The van der Waals surface area contributed by atoms with E-state index in [0.29, 0.717) is 26.2 Å². The number of nitrogens with zero attached hydrogens (tertiary/aromatic N) is 2. The molecule has 8 heteroatoms. The molecule has 1 heterocycles. The lowest BCUT2D eigenvalue weighted by Gasteiger charge is -2.35. The van der Waals surface area contributed by atoms with Crippen molar-refractivity contribution in [2.75, 3.05) is 38.0 Å². The van der Waals surface area contributed by atoms with Gasteiger partial charge in [-0.15, -0.1) is 0 Å². The van der Waals surface area contributed by atoms with Crippen LogP contribution in [0.15, 0.2) is 24.3 Å². The third kappa shape index (κ3) is 5.20. The first-order chi connectivity index (χ1) is 12.2. The summed E-state index contributed by atoms with van der Waals surface area (Å²) in [5.74, 6) is -0.414. The highest BCUT2D eigenvalue weighted by molar-refractivity contribution is 5.93. The molecule has 0 radical (unpaired) electrons. The summed E-state index contributed by atoms with van der Waals surface area (Å²) < 4.78 is 38.9. The lowest BCUT2D eigenvalue weighted by atomic mass is 10.1. The number of hydrogen-bond acceptors (Lipinski definition) is 3. The SMILES string of the molecule is CCC(C)C(=O)N1CCN(CC(=O)Nc2ccccc2C(F)(F)F)CC1. The molecular weight excluding hydrogens is 347 g/mol. The highest BCUT2D eigenvalue weighted by Gasteiger charge is 2.33. The van der Waals surface area contributed by atoms with E-state index >= 15 is 0 Å². The zero-order valence-electron chi connectivity index (χ0n) is 15.0. The summed E-state index contributed by atoms with van der Waals surface area (Å²) in [5, 5.41) is 2.34. The summed E-state index contributed by atoms with van der Waals surface area (Å²) >= 11 is 0. The third-order valence-corrected chi connectivity index (χ3v) is 4.59. The minimum Gasteiger partial charge on any atom is -0.340 e. The summed E-state index contributed by atoms with van der Waals surface area (Å²) in [6.45, 7) is 5.94. The van der Waals surface area contributed by atoms with E-state index in [-0.39, 0.29) is 24.1 Å². The Morgan fingerprint density at radius 1 is 1.15 bits per heavy atom. The van der Waals surface area contributed by atoms with Crippen molar-refractivity contribution in [2.45, 2.75) is 26.4 Å². The number of amides is 2. The standard InChI is InChI=1S/C18H24F3N3O2/c1-3-13(2)17(26)24-10-8-23(9-11-24)12-16(25)22-15-7-5-4-6-14(15)18(19,20)21/h4-7,13H,3,8-12H2,1-2H3,(H,22,25). The van der Waals surface area contributed by atoms with Crippen LogP contribution in [0, 0.1) is 5.92 Å². The molecule has 0 spiro atoms. The van der Waals surface area contributed by atoms with E-state index in [1.807, 2.05) is 18.7 Å². The molecule has 144 valence electrons. The van der Waals surface area contributed by atoms with Gasteiger partial charge in [0.05, 0.1) is 17.8 Å². The van der Waals surface area contributed by atoms with Crippen molar-refractivity contribution in [3.63, 3.8) is 0 Å². The number of anilines is 1. The molecule has 0 aliphatic carbocycles. The van der Waals surface area contributed by atoms with Crippen molar-refractivity contribution in [2.24, 2.45) is 5.92 Å². The van der Waals surface area contributed by atoms with Gasteiger partial charge in [0, 0.05) is 32.1 Å². The van der Waals surface area contributed by atoms with E-state index in [1.165, 1.54) is 18.2 Å². The van der Waals surface area contributed by atoms with Crippen LogP contribution in [0.4, 0.5) is 18.9 Å². The molecular formula is C18H24F3N3O2. The lowest BCUT2D eigenvalue weighted by Crippen LogP contribution is -2.51. The molecule has 1 aromatic rings. The fourth-order valence-corrected chi connectivity index (χ4v) is 2.84. The van der Waals surface area contributed by atoms with Gasteiger partial charge in [-0.3, -0.25) is 14.5 Å². The first-order valence-electron chi connectivity index (χ1n) is 8.69. The van der Waals surface area contributed by atoms with Gasteiger partial charge in [0.1, 0.15) is 0 Å². The molecule has 1 atom stereocenters. The van der Waals surface area contributed by atoms with Gasteiger partial charge in [-0.1, -0.05) is 26.0 Å². The molecule has 1 fully saturated rings. The smallest absolute Gasteiger partial charge is 0.340 e. The molecule has 26 heavy (non-hydrogen) atoms. The van der Waals surface area contributed by atoms with Gasteiger partial charge in [-0.2, -0.15) is 13.2 Å². The molecule has 0 saturated carbocycles. The molecule has 2 rings (SSSR count). The average molecular weight is 371 g/mol. The van der Waals surface area contributed by atoms with Crippen LogP contribution in [0.3, 0.4) is 0 Å². The van der Waals surface area contributed by atoms with Gasteiger partial charge in [-0.25, -0.2) is 0 Å². The number of alkyl halides is 3. The van der Waals surface area contributed by atoms with Crippen LogP contribution in [0.2, 0.25) is 0 Å². The van der Waals surface area contributed by atoms with Crippen molar-refractivity contribution in [3.05, 3.63) is 29.8 Å². The molecule has 1 aliphatic heterocycles. The predicted molar refractivity (Wildman–Crippen MR) is 92.5 cm³/mol. The average Bonchev–Trinajstić information content (AvgIpc) is 2.60. The van der Waals surface area contributed by atoms with Crippen LogP contribution in [-0.4, -0.2) is 54.3 Å². The molecule has 1 unspecified atom stereocenters. The fraction of sp³-hybridized carbons (Fsp3) is 0.556. The number of carbonyl (C=O) groups is 2. The number of benzene rings is 1. The Hall–Kier alpha value is -2.09. The topological polar surface area (TPSA) is 52.7 Å². The predicted octanol–water partition coefficient (Wildman–Crippen LogP) is 2.83. The first kappa shape index (κ1) is 20.2. The molecule has 1 aromatic carbocycles. The van der Waals surface area contributed by atoms with E-state index < -0.39 is 17.6 Å². The van der Waals surface area contributed by atoms with Crippen LogP contribution in [0.1, 0.15) is 25.8 Å². The second kappa shape index (κ2) is 8.53. The molecule has 1 N–H and O–H groups in total. The van der Waals surface area contributed by atoms with Gasteiger partial charge >= 0.3 is 6.18 Å². The highest BCUT2D eigenvalue weighted by Crippen LogP contribution is 2.34. The molecule has 0 bridgehead atoms. The maximum atomic E-state index is 13.0. The number of para-hydroxylation sites is 1. The van der Waals surface area contributed by atoms with Crippen LogP contribution >= 0.6 is 0 Å². The second-order valence-electron chi connectivity index (χ2n) is 6.50. The van der Waals surface area contributed by atoms with E-state index in [4.69, 9.17) is 0 Å². The summed E-state index contributed by atoms with van der Waals surface area (Å²) in [5.41, 5.74) is -1.10. The van der Waals surface area contributed by atoms with Gasteiger partial charge < -0.3 is 10.2 Å². The zero-order valence-corrected chi connectivity index (χ0v) is 15.0. The Kier molecular flexibility index (Phi) is 6.63. The lowest BCUT2D eigenvalue weighted by molar-refractivity contribution is -0.137. The molecule has 0 aromatic heterocycles. The summed E-state index contributed by atoms with van der Waals surface area (Å²) in [7, 11) is 0. The van der Waals surface area contributed by atoms with Crippen molar-refractivity contribution < 1.29 is 22.8 Å². The fourth-order valence-electron chi connectivity index (χ4n) is 2.84. The normalized spacial score (nSPS) is 17.0. The Morgan fingerprint density at radius 3 is 2.35 bits per heavy atom. The van der Waals surface area contributed by atoms with Crippen molar-refractivity contribution >= 4 is 17.5 Å². The van der Waals surface area contributed by atoms with E-state index in [2.05, 4.69) is 5.32 Å². The van der Waals surface area contributed by atoms with Crippen molar-refractivity contribution in [1.29, 1.82) is 0 Å². The van der Waals surface area contributed by atoms with Gasteiger partial charge in [-0.05, 0) is 18.6 Å². The Morgan fingerprint density at radius 2 is 1.77 bits per heavy atom. The monoisotopic (exact) mass is 371 g/mol. The van der Waals surface area contributed by atoms with Gasteiger partial charge in [0.2, 0.25) is 11.8 Å². The Labute approximate surface area is 151 Å². The van der Waals surface area contributed by atoms with E-state index in [9.17, 15) is 22.8 Å². The van der Waals surface area contributed by atoms with Crippen molar-refractivity contribution in [3.8, 4) is 0 Å². The maximum absolute atomic E-state index is 13.0. The van der Waals surface area contributed by atoms with E-state index in [1.54, 1.807) is 4.90 Å². The number of carbonyl (C=O) groups excluding carboxylic acids is 2. The first-order valence-corrected chi connectivity index (χ1v) is 8.69. The molecule has 5 nitrogen and oxygen atoms in total. The van der Waals surface area contributed by atoms with Crippen LogP contribution in [-0.2, 0) is 15.8 Å². The molecule has 1 saturated heterocycles. The maximum Gasteiger partial charge on any atom is 0.418 e. The van der Waals surface area contributed by atoms with Crippen molar-refractivity contribution in [1.82, 2.24) is 9.80 Å². The number of piperazine rings is 1. The Bertz CT molecular complexity index is 641. The van der Waals surface area contributed by atoms with E-state index in [0.717, 1.165) is 12.5 Å². The summed E-state index contributed by atoms with van der Waals surface area (Å²) in [6.07, 6.45) is -3.74. The highest BCUT2D eigenvalue weighted by atomic mass is 19.4. The zero-order chi connectivity index (χ0) is 19.3. The quantitative estimate of drug-likeness (QED) is 0.866. The summed E-state index contributed by atoms with van der Waals surface area (Å²) in [4.78, 5) is 27.9. The second-order valence-corrected chi connectivity index (χ2v) is 6.50. The Balaban J connectivity index is 1.88. The van der Waals surface area contributed by atoms with Crippen LogP contribution in [0.25, 0.3) is 0 Å². The van der Waals surface area contributed by atoms with Crippen LogP contribution in [0.5, 0.6) is 0 Å². The molecule has 1 aliphatic rings. The third-order valence-electron chi connectivity index (χ3n) is 4.59. The minimum atomic E-state index is -4.52. The number of hydrogen-bond donors (Lipinski definition) is 1. The number of rotatable bonds is 5. The molecule has 2 amide bonds. The largest absolute Gasteiger partial charge is 0.418 e. The van der Waals surface area contributed by atoms with Gasteiger partial charge in [0.15, 0.2) is 0 Å².